The van der Waals surface area contributed by atoms with Gasteiger partial charge in [0.2, 0.25) is 0 Å². The van der Waals surface area contributed by atoms with Gasteiger partial charge in [-0.15, -0.1) is 0 Å². The van der Waals surface area contributed by atoms with Crippen molar-refractivity contribution in [1.82, 2.24) is 10.2 Å². The zero-order valence-electron chi connectivity index (χ0n) is 13.2. The van der Waals surface area contributed by atoms with E-state index in [9.17, 15) is 4.39 Å². The lowest BCUT2D eigenvalue weighted by Gasteiger charge is -2.38. The van der Waals surface area contributed by atoms with Gasteiger partial charge in [-0.2, -0.15) is 0 Å². The molecule has 1 heterocycles. The first-order valence-corrected chi connectivity index (χ1v) is 8.69. The molecule has 0 radical (unpaired) electrons. The number of nitrogens with zero attached hydrogens (tertiary/aromatic N) is 1. The molecule has 2 nitrogen and oxygen atoms in total. The molecule has 118 valence electrons. The first-order chi connectivity index (χ1) is 10.0. The average molecular weight is 357 g/mol. The van der Waals surface area contributed by atoms with E-state index in [2.05, 4.69) is 40.0 Å². The Morgan fingerprint density at radius 1 is 1.38 bits per heavy atom. The summed E-state index contributed by atoms with van der Waals surface area (Å²) in [6, 6.07) is 5.80. The molecule has 2 atom stereocenters. The minimum absolute atomic E-state index is 0.149. The predicted molar refractivity (Wildman–Crippen MR) is 90.0 cm³/mol. The van der Waals surface area contributed by atoms with Crippen LogP contribution >= 0.6 is 15.9 Å². The number of likely N-dealkylation sites (tertiary alicyclic amines) is 1. The van der Waals surface area contributed by atoms with Crippen LogP contribution in [0.2, 0.25) is 0 Å². The summed E-state index contributed by atoms with van der Waals surface area (Å²) in [5.74, 6) is 0.363. The molecule has 0 aliphatic carbocycles. The Hall–Kier alpha value is -0.450. The molecule has 0 bridgehead atoms. The van der Waals surface area contributed by atoms with Gasteiger partial charge in [0.1, 0.15) is 5.82 Å². The predicted octanol–water partition coefficient (Wildman–Crippen LogP) is 4.36. The fourth-order valence-electron chi connectivity index (χ4n) is 3.50. The van der Waals surface area contributed by atoms with E-state index in [1.54, 1.807) is 6.07 Å². The van der Waals surface area contributed by atoms with E-state index in [-0.39, 0.29) is 11.9 Å². The number of nitrogens with one attached hydrogen (secondary N) is 1. The summed E-state index contributed by atoms with van der Waals surface area (Å²) in [7, 11) is 2.00. The maximum absolute atomic E-state index is 13.8. The summed E-state index contributed by atoms with van der Waals surface area (Å²) in [5, 5.41) is 3.32. The van der Waals surface area contributed by atoms with Gasteiger partial charge in [-0.3, -0.25) is 4.90 Å². The highest BCUT2D eigenvalue weighted by Crippen LogP contribution is 2.39. The molecular weight excluding hydrogens is 331 g/mol. The molecule has 1 aromatic rings. The van der Waals surface area contributed by atoms with Crippen LogP contribution in [0, 0.1) is 11.7 Å². The van der Waals surface area contributed by atoms with E-state index in [0.717, 1.165) is 23.1 Å². The van der Waals surface area contributed by atoms with Crippen molar-refractivity contribution in [3.8, 4) is 0 Å². The van der Waals surface area contributed by atoms with Crippen molar-refractivity contribution in [2.75, 3.05) is 20.1 Å². The van der Waals surface area contributed by atoms with E-state index in [4.69, 9.17) is 0 Å². The van der Waals surface area contributed by atoms with Crippen molar-refractivity contribution in [2.24, 2.45) is 5.92 Å². The van der Waals surface area contributed by atoms with Gasteiger partial charge in [0, 0.05) is 16.6 Å². The lowest BCUT2D eigenvalue weighted by atomic mass is 9.88. The molecule has 1 aliphatic rings. The summed E-state index contributed by atoms with van der Waals surface area (Å²) in [4.78, 5) is 2.54. The van der Waals surface area contributed by atoms with E-state index in [0.29, 0.717) is 12.0 Å². The lowest BCUT2D eigenvalue weighted by Crippen LogP contribution is -2.40. The molecule has 1 fully saturated rings. The van der Waals surface area contributed by atoms with Crippen molar-refractivity contribution >= 4 is 15.9 Å². The maximum Gasteiger partial charge on any atom is 0.123 e. The molecular formula is C17H26BrFN2. The SMILES string of the molecule is CNCC1CCCCN(C(C)C)C1c1cc(F)ccc1Br. The molecule has 1 saturated heterocycles. The van der Waals surface area contributed by atoms with Crippen LogP contribution in [0.5, 0.6) is 0 Å². The third kappa shape index (κ3) is 4.05. The van der Waals surface area contributed by atoms with Gasteiger partial charge in [0.25, 0.3) is 0 Å². The second-order valence-electron chi connectivity index (χ2n) is 6.26. The van der Waals surface area contributed by atoms with Crippen molar-refractivity contribution in [1.29, 1.82) is 0 Å². The third-order valence-electron chi connectivity index (χ3n) is 4.45. The molecule has 0 amide bonds. The van der Waals surface area contributed by atoms with Crippen LogP contribution in [0.25, 0.3) is 0 Å². The van der Waals surface area contributed by atoms with E-state index < -0.39 is 0 Å². The highest BCUT2D eigenvalue weighted by molar-refractivity contribution is 9.10. The fourth-order valence-corrected chi connectivity index (χ4v) is 3.98. The number of rotatable bonds is 4. The standard InChI is InChI=1S/C17H26BrFN2/c1-12(2)21-9-5-4-6-13(11-20-3)17(21)15-10-14(19)7-8-16(15)18/h7-8,10,12-13,17,20H,4-6,9,11H2,1-3H3. The molecule has 4 heteroatoms. The van der Waals surface area contributed by atoms with Crippen LogP contribution in [0.1, 0.15) is 44.7 Å². The minimum Gasteiger partial charge on any atom is -0.319 e. The maximum atomic E-state index is 13.8. The second-order valence-corrected chi connectivity index (χ2v) is 7.11. The van der Waals surface area contributed by atoms with Crippen LogP contribution in [-0.4, -0.2) is 31.1 Å². The van der Waals surface area contributed by atoms with Crippen LogP contribution in [0.4, 0.5) is 4.39 Å². The highest BCUT2D eigenvalue weighted by atomic mass is 79.9. The lowest BCUT2D eigenvalue weighted by molar-refractivity contribution is 0.118. The Bertz CT molecular complexity index is 464. The van der Waals surface area contributed by atoms with E-state index >= 15 is 0 Å². The number of hydrogen-bond donors (Lipinski definition) is 1. The molecule has 0 aromatic heterocycles. The van der Waals surface area contributed by atoms with Crippen molar-refractivity contribution in [3.63, 3.8) is 0 Å². The Kier molecular flexibility index (Phi) is 6.20. The molecule has 0 saturated carbocycles. The topological polar surface area (TPSA) is 15.3 Å². The minimum atomic E-state index is -0.149. The third-order valence-corrected chi connectivity index (χ3v) is 5.17. The van der Waals surface area contributed by atoms with E-state index in [1.807, 2.05) is 13.1 Å². The molecule has 1 N–H and O–H groups in total. The monoisotopic (exact) mass is 356 g/mol. The smallest absolute Gasteiger partial charge is 0.123 e. The Morgan fingerprint density at radius 3 is 2.81 bits per heavy atom. The van der Waals surface area contributed by atoms with Crippen molar-refractivity contribution in [2.45, 2.75) is 45.2 Å². The summed E-state index contributed by atoms with van der Waals surface area (Å²) >= 11 is 3.63. The van der Waals surface area contributed by atoms with Gasteiger partial charge in [0.15, 0.2) is 0 Å². The van der Waals surface area contributed by atoms with Crippen molar-refractivity contribution < 1.29 is 4.39 Å². The molecule has 1 aliphatic heterocycles. The fraction of sp³-hybridized carbons (Fsp3) is 0.647. The van der Waals surface area contributed by atoms with Gasteiger partial charge < -0.3 is 5.32 Å². The van der Waals surface area contributed by atoms with Crippen molar-refractivity contribution in [3.05, 3.63) is 34.1 Å². The Morgan fingerprint density at radius 2 is 2.14 bits per heavy atom. The van der Waals surface area contributed by atoms with E-state index in [1.165, 1.54) is 25.3 Å². The van der Waals surface area contributed by atoms with Crippen LogP contribution in [0.3, 0.4) is 0 Å². The van der Waals surface area contributed by atoms with Crippen LogP contribution in [-0.2, 0) is 0 Å². The normalized spacial score (nSPS) is 24.3. The number of benzene rings is 1. The second kappa shape index (κ2) is 7.70. The Balaban J connectivity index is 2.44. The van der Waals surface area contributed by atoms with Gasteiger partial charge >= 0.3 is 0 Å². The van der Waals surface area contributed by atoms with Gasteiger partial charge in [0.05, 0.1) is 0 Å². The molecule has 2 unspecified atom stereocenters. The first-order valence-electron chi connectivity index (χ1n) is 7.90. The average Bonchev–Trinajstić information content (AvgIpc) is 2.64. The quantitative estimate of drug-likeness (QED) is 0.861. The number of halogens is 2. The first kappa shape index (κ1) is 16.9. The molecule has 0 spiro atoms. The summed E-state index contributed by atoms with van der Waals surface area (Å²) in [6.07, 6.45) is 3.67. The molecule has 2 rings (SSSR count). The van der Waals surface area contributed by atoms with Crippen LogP contribution in [0.15, 0.2) is 22.7 Å². The zero-order valence-corrected chi connectivity index (χ0v) is 14.8. The molecule has 1 aromatic carbocycles. The van der Waals surface area contributed by atoms with Gasteiger partial charge in [-0.05, 0) is 76.5 Å². The van der Waals surface area contributed by atoms with Crippen LogP contribution < -0.4 is 5.32 Å². The van der Waals surface area contributed by atoms with Gasteiger partial charge in [-0.25, -0.2) is 4.39 Å². The summed E-state index contributed by atoms with van der Waals surface area (Å²) in [5.41, 5.74) is 1.09. The highest BCUT2D eigenvalue weighted by Gasteiger charge is 2.33. The summed E-state index contributed by atoms with van der Waals surface area (Å²) < 4.78 is 14.8. The molecule has 21 heavy (non-hydrogen) atoms. The Labute approximate surface area is 136 Å². The van der Waals surface area contributed by atoms with Gasteiger partial charge in [-0.1, -0.05) is 22.4 Å². The number of hydrogen-bond acceptors (Lipinski definition) is 2. The zero-order chi connectivity index (χ0) is 15.4. The summed E-state index contributed by atoms with van der Waals surface area (Å²) in [6.45, 7) is 6.53. The largest absolute Gasteiger partial charge is 0.319 e.